The molecule has 0 bridgehead atoms. The molecule has 0 atom stereocenters. The normalized spacial score (nSPS) is 11.9. The summed E-state index contributed by atoms with van der Waals surface area (Å²) < 4.78 is 13.4. The summed E-state index contributed by atoms with van der Waals surface area (Å²) in [4.78, 5) is 0. The van der Waals surface area contributed by atoms with Crippen molar-refractivity contribution in [2.24, 2.45) is 0 Å². The molecule has 2 nitrogen and oxygen atoms in total. The summed E-state index contributed by atoms with van der Waals surface area (Å²) in [6.07, 6.45) is 0. The Hall–Kier alpha value is -7.10. The molecule has 0 aliphatic carbocycles. The van der Waals surface area contributed by atoms with Crippen LogP contribution in [0.15, 0.2) is 173 Å². The van der Waals surface area contributed by atoms with E-state index >= 15 is 0 Å². The van der Waals surface area contributed by atoms with Crippen molar-refractivity contribution < 1.29 is 8.83 Å². The molecule has 12 aromatic rings. The molecule has 7 heteroatoms. The van der Waals surface area contributed by atoms with Crippen LogP contribution >= 0.6 is 0 Å². The summed E-state index contributed by atoms with van der Waals surface area (Å²) in [5, 5.41) is 11.8. The Kier molecular flexibility index (Phi) is 7.90. The van der Waals surface area contributed by atoms with Gasteiger partial charge in [0.15, 0.2) is 0 Å². The van der Waals surface area contributed by atoms with Crippen molar-refractivity contribution in [2.45, 2.75) is 0 Å². The lowest BCUT2D eigenvalue weighted by atomic mass is 9.59. The second kappa shape index (κ2) is 13.5. The van der Waals surface area contributed by atoms with E-state index in [9.17, 15) is 0 Å². The van der Waals surface area contributed by atoms with Gasteiger partial charge in [0.2, 0.25) is 0 Å². The van der Waals surface area contributed by atoms with E-state index in [4.69, 9.17) is 8.83 Å². The lowest BCUT2D eigenvalue weighted by Gasteiger charge is -2.25. The Bertz CT molecular complexity index is 3750. The summed E-state index contributed by atoms with van der Waals surface area (Å²) in [6, 6.07) is 59.5. The Morgan fingerprint density at radius 3 is 1.49 bits per heavy atom. The van der Waals surface area contributed by atoms with Gasteiger partial charge in [-0.1, -0.05) is 138 Å². The fraction of sp³-hybridized carbons (Fsp3) is 0. The summed E-state index contributed by atoms with van der Waals surface area (Å²) in [7, 11) is 11.4. The Balaban J connectivity index is 1.23. The van der Waals surface area contributed by atoms with Crippen molar-refractivity contribution in [3.8, 4) is 44.5 Å². The molecule has 0 saturated carbocycles. The highest BCUT2D eigenvalue weighted by Gasteiger charge is 2.25. The number of para-hydroxylation sites is 3. The fourth-order valence-electron chi connectivity index (χ4n) is 10.5. The highest BCUT2D eigenvalue weighted by Crippen LogP contribution is 2.50. The summed E-state index contributed by atoms with van der Waals surface area (Å²) in [6.45, 7) is 0. The minimum Gasteiger partial charge on any atom is -0.456 e. The maximum atomic E-state index is 6.73. The van der Waals surface area contributed by atoms with Gasteiger partial charge in [-0.05, 0) is 102 Å². The summed E-state index contributed by atoms with van der Waals surface area (Å²) >= 11 is 0. The molecule has 0 aliphatic heterocycles. The molecule has 2 heterocycles. The molecule has 0 aliphatic rings. The number of benzene rings is 10. The van der Waals surface area contributed by atoms with Crippen molar-refractivity contribution in [2.75, 3.05) is 0 Å². The molecule has 280 valence electrons. The second-order valence-corrected chi connectivity index (χ2v) is 16.8. The SMILES string of the molecule is Bc1c(B)c(B)c(-c2c3ccccc3c(-c3cc(-c4c(-c5cccc6c5oc5ccccc56)ccc5oc6ccccc6c45)cc4ccccc34)c3ccccc23)c(B)c1B. The lowest BCUT2D eigenvalue weighted by molar-refractivity contribution is 0.668. The Morgan fingerprint density at radius 1 is 0.295 bits per heavy atom. The third-order valence-corrected chi connectivity index (χ3v) is 13.8. The van der Waals surface area contributed by atoms with E-state index in [1.165, 1.54) is 81.9 Å². The number of hydrogen-bond donors (Lipinski definition) is 0. The Labute approximate surface area is 358 Å². The molecule has 0 fully saturated rings. The van der Waals surface area contributed by atoms with Gasteiger partial charge in [0.05, 0.1) is 0 Å². The van der Waals surface area contributed by atoms with Crippen LogP contribution in [0.1, 0.15) is 0 Å². The molecule has 12 rings (SSSR count). The zero-order chi connectivity index (χ0) is 41.1. The molecule has 0 saturated heterocycles. The van der Waals surface area contributed by atoms with Crippen molar-refractivity contribution in [3.05, 3.63) is 164 Å². The van der Waals surface area contributed by atoms with E-state index in [2.05, 4.69) is 197 Å². The van der Waals surface area contributed by atoms with Crippen LogP contribution in [0.4, 0.5) is 0 Å². The van der Waals surface area contributed by atoms with E-state index in [0.29, 0.717) is 0 Å². The second-order valence-electron chi connectivity index (χ2n) is 16.8. The standard InChI is InChI=1S/C54H37B5O2/c55-49-48(50(56)52(58)53(59)51(49)57)46-34-17-5-3-15-32(34)45(33-16-4-6-18-35(33)46)40-27-29(26-28-12-1-2-13-30(28)40)44-36(24-25-43-47(44)39-19-8-10-23-42(39)60-43)38-21-11-20-37-31-14-7-9-22-41(31)61-54(37)38/h1-27H,55-59H2. The number of rotatable bonds is 4. The van der Waals surface area contributed by atoms with Crippen LogP contribution in [-0.4, -0.2) is 39.2 Å². The van der Waals surface area contributed by atoms with Gasteiger partial charge in [-0.3, -0.25) is 0 Å². The first kappa shape index (κ1) is 35.8. The molecule has 0 unspecified atom stereocenters. The average molecular weight is 772 g/mol. The minimum absolute atomic E-state index is 0.862. The van der Waals surface area contributed by atoms with Crippen LogP contribution in [0.2, 0.25) is 0 Å². The smallest absolute Gasteiger partial charge is 0.143 e. The third kappa shape index (κ3) is 5.17. The van der Waals surface area contributed by atoms with Gasteiger partial charge in [-0.2, -0.15) is 0 Å². The van der Waals surface area contributed by atoms with Gasteiger partial charge >= 0.3 is 0 Å². The maximum Gasteiger partial charge on any atom is 0.143 e. The molecule has 10 aromatic carbocycles. The predicted octanol–water partition coefficient (Wildman–Crippen LogP) is 6.91. The molecule has 0 amide bonds. The van der Waals surface area contributed by atoms with Gasteiger partial charge in [0.1, 0.15) is 61.6 Å². The van der Waals surface area contributed by atoms with Gasteiger partial charge in [0.25, 0.3) is 0 Å². The first-order chi connectivity index (χ1) is 29.9. The van der Waals surface area contributed by atoms with Crippen LogP contribution in [0.5, 0.6) is 0 Å². The zero-order valence-electron chi connectivity index (χ0n) is 34.9. The number of hydrogen-bond acceptors (Lipinski definition) is 2. The van der Waals surface area contributed by atoms with E-state index < -0.39 is 0 Å². The molecule has 0 N–H and O–H groups in total. The molecule has 2 aromatic heterocycles. The van der Waals surface area contributed by atoms with E-state index in [-0.39, 0.29) is 0 Å². The largest absolute Gasteiger partial charge is 0.456 e. The van der Waals surface area contributed by atoms with Crippen LogP contribution < -0.4 is 27.3 Å². The van der Waals surface area contributed by atoms with Crippen molar-refractivity contribution in [3.63, 3.8) is 0 Å². The molecular weight excluding hydrogens is 735 g/mol. The van der Waals surface area contributed by atoms with E-state index in [1.807, 2.05) is 6.07 Å². The number of fused-ring (bicyclic) bond motifs is 9. The van der Waals surface area contributed by atoms with Gasteiger partial charge in [-0.15, -0.1) is 16.4 Å². The lowest BCUT2D eigenvalue weighted by Crippen LogP contribution is -2.55. The minimum atomic E-state index is 0.862. The zero-order valence-corrected chi connectivity index (χ0v) is 34.9. The van der Waals surface area contributed by atoms with Gasteiger partial charge in [0, 0.05) is 32.7 Å². The first-order valence-electron chi connectivity index (χ1n) is 21.3. The summed E-state index contributed by atoms with van der Waals surface area (Å²) in [5.41, 5.74) is 19.8. The Morgan fingerprint density at radius 2 is 0.820 bits per heavy atom. The van der Waals surface area contributed by atoms with Crippen LogP contribution in [0.3, 0.4) is 0 Å². The van der Waals surface area contributed by atoms with Gasteiger partial charge < -0.3 is 8.83 Å². The highest BCUT2D eigenvalue weighted by molar-refractivity contribution is 6.69. The van der Waals surface area contributed by atoms with Crippen LogP contribution in [0, 0.1) is 0 Å². The highest BCUT2D eigenvalue weighted by atomic mass is 16.3. The third-order valence-electron chi connectivity index (χ3n) is 13.8. The monoisotopic (exact) mass is 772 g/mol. The average Bonchev–Trinajstić information content (AvgIpc) is 3.88. The van der Waals surface area contributed by atoms with Crippen LogP contribution in [0.25, 0.3) is 121 Å². The van der Waals surface area contributed by atoms with E-state index in [0.717, 1.165) is 66.1 Å². The predicted molar refractivity (Wildman–Crippen MR) is 276 cm³/mol. The van der Waals surface area contributed by atoms with Gasteiger partial charge in [-0.25, -0.2) is 0 Å². The molecule has 0 radical (unpaired) electrons. The summed E-state index contributed by atoms with van der Waals surface area (Å²) in [5.74, 6) is 0. The van der Waals surface area contributed by atoms with Crippen molar-refractivity contribution >= 4 is 143 Å². The van der Waals surface area contributed by atoms with Crippen molar-refractivity contribution in [1.82, 2.24) is 0 Å². The fourth-order valence-corrected chi connectivity index (χ4v) is 10.5. The van der Waals surface area contributed by atoms with E-state index in [1.54, 1.807) is 0 Å². The maximum absolute atomic E-state index is 6.73. The van der Waals surface area contributed by atoms with Crippen molar-refractivity contribution in [1.29, 1.82) is 0 Å². The van der Waals surface area contributed by atoms with Crippen LogP contribution in [-0.2, 0) is 0 Å². The molecule has 0 spiro atoms. The molecule has 61 heavy (non-hydrogen) atoms. The topological polar surface area (TPSA) is 26.3 Å². The first-order valence-corrected chi connectivity index (χ1v) is 21.3. The molecular formula is C54H37B5O2. The number of furan rings is 2. The quantitative estimate of drug-likeness (QED) is 0.144.